The van der Waals surface area contributed by atoms with Crippen molar-refractivity contribution >= 4 is 0 Å². The van der Waals surface area contributed by atoms with Crippen LogP contribution in [0, 0.1) is 0 Å². The second kappa shape index (κ2) is 4.67. The Balaban J connectivity index is 1.70. The van der Waals surface area contributed by atoms with Crippen LogP contribution in [-0.4, -0.2) is 43.7 Å². The maximum atomic E-state index is 5.75. The quantitative estimate of drug-likeness (QED) is 0.835. The summed E-state index contributed by atoms with van der Waals surface area (Å²) in [5.74, 6) is 1.63. The van der Waals surface area contributed by atoms with Crippen LogP contribution in [0.1, 0.15) is 18.4 Å². The summed E-state index contributed by atoms with van der Waals surface area (Å²) in [5.41, 5.74) is 1.39. The van der Waals surface area contributed by atoms with Gasteiger partial charge in [-0.25, -0.2) is 0 Å². The topological polar surface area (TPSA) is 24.5 Å². The highest BCUT2D eigenvalue weighted by atomic mass is 16.5. The molecule has 0 aliphatic carbocycles. The van der Waals surface area contributed by atoms with Crippen LogP contribution in [0.3, 0.4) is 0 Å². The summed E-state index contributed by atoms with van der Waals surface area (Å²) >= 11 is 0. The molecule has 1 fully saturated rings. The van der Waals surface area contributed by atoms with Gasteiger partial charge in [0.1, 0.15) is 5.75 Å². The fourth-order valence-electron chi connectivity index (χ4n) is 2.82. The van der Waals surface area contributed by atoms with Crippen molar-refractivity contribution in [3.63, 3.8) is 0 Å². The lowest BCUT2D eigenvalue weighted by molar-refractivity contribution is 0.156. The Kier molecular flexibility index (Phi) is 3.04. The molecule has 0 amide bonds. The van der Waals surface area contributed by atoms with Crippen LogP contribution in [0.5, 0.6) is 5.75 Å². The van der Waals surface area contributed by atoms with Crippen molar-refractivity contribution in [1.29, 1.82) is 0 Å². The fraction of sp³-hybridized carbons (Fsp3) is 0.571. The maximum absolute atomic E-state index is 5.75. The molecule has 3 rings (SSSR count). The number of piperazine rings is 1. The summed E-state index contributed by atoms with van der Waals surface area (Å²) in [5, 5.41) is 3.44. The van der Waals surface area contributed by atoms with E-state index in [9.17, 15) is 0 Å². The first-order chi connectivity index (χ1) is 8.34. The molecule has 0 spiro atoms. The average Bonchev–Trinajstić information content (AvgIpc) is 2.76. The summed E-state index contributed by atoms with van der Waals surface area (Å²) in [6, 6.07) is 9.09. The molecule has 0 radical (unpaired) electrons. The molecule has 1 saturated heterocycles. The zero-order chi connectivity index (χ0) is 11.7. The van der Waals surface area contributed by atoms with Crippen LogP contribution < -0.4 is 10.1 Å². The first kappa shape index (κ1) is 11.1. The van der Waals surface area contributed by atoms with Gasteiger partial charge in [-0.3, -0.25) is 4.90 Å². The van der Waals surface area contributed by atoms with Crippen LogP contribution in [0.4, 0.5) is 0 Å². The Hall–Kier alpha value is -1.06. The minimum atomic E-state index is 0.548. The predicted octanol–water partition coefficient (Wildman–Crippen LogP) is 1.46. The number of nitrogens with zero attached hydrogens (tertiary/aromatic N) is 1. The van der Waals surface area contributed by atoms with E-state index in [1.165, 1.54) is 5.56 Å². The Morgan fingerprint density at radius 2 is 2.29 bits per heavy atom. The van der Waals surface area contributed by atoms with Crippen LogP contribution in [0.25, 0.3) is 0 Å². The molecule has 0 saturated carbocycles. The monoisotopic (exact) mass is 232 g/mol. The normalized spacial score (nSPS) is 28.8. The van der Waals surface area contributed by atoms with Crippen molar-refractivity contribution in [3.05, 3.63) is 29.8 Å². The summed E-state index contributed by atoms with van der Waals surface area (Å²) in [7, 11) is 0. The average molecular weight is 232 g/mol. The number of benzene rings is 1. The van der Waals surface area contributed by atoms with Crippen LogP contribution in [-0.2, 0) is 0 Å². The van der Waals surface area contributed by atoms with E-state index in [2.05, 4.69) is 41.4 Å². The fourth-order valence-corrected chi connectivity index (χ4v) is 2.82. The number of rotatable bonds is 2. The molecule has 92 valence electrons. The molecule has 1 aromatic carbocycles. The molecule has 2 heterocycles. The molecule has 1 unspecified atom stereocenters. The molecule has 2 aliphatic rings. The SMILES string of the molecule is C[C@H]1CNCCN1CC1COc2ccccc21. The highest BCUT2D eigenvalue weighted by molar-refractivity contribution is 5.39. The number of hydrogen-bond donors (Lipinski definition) is 1. The van der Waals surface area contributed by atoms with Gasteiger partial charge in [0.15, 0.2) is 0 Å². The number of nitrogens with one attached hydrogen (secondary N) is 1. The van der Waals surface area contributed by atoms with E-state index in [0.717, 1.165) is 38.5 Å². The van der Waals surface area contributed by atoms with E-state index in [1.807, 2.05) is 0 Å². The zero-order valence-electron chi connectivity index (χ0n) is 10.4. The molecule has 3 heteroatoms. The summed E-state index contributed by atoms with van der Waals surface area (Å²) < 4.78 is 5.75. The molecule has 2 atom stereocenters. The van der Waals surface area contributed by atoms with Gasteiger partial charge < -0.3 is 10.1 Å². The summed E-state index contributed by atoms with van der Waals surface area (Å²) in [6.45, 7) is 7.64. The lowest BCUT2D eigenvalue weighted by atomic mass is 10.00. The number of hydrogen-bond acceptors (Lipinski definition) is 3. The van der Waals surface area contributed by atoms with Crippen molar-refractivity contribution in [2.75, 3.05) is 32.8 Å². The minimum Gasteiger partial charge on any atom is -0.493 e. The molecule has 0 bridgehead atoms. The smallest absolute Gasteiger partial charge is 0.122 e. The minimum absolute atomic E-state index is 0.548. The number of para-hydroxylation sites is 1. The Bertz CT molecular complexity index is 394. The molecule has 0 aromatic heterocycles. The van der Waals surface area contributed by atoms with Gasteiger partial charge in [-0.1, -0.05) is 18.2 Å². The second-order valence-electron chi connectivity index (χ2n) is 5.09. The molecular weight excluding hydrogens is 212 g/mol. The Morgan fingerprint density at radius 1 is 1.41 bits per heavy atom. The first-order valence-electron chi connectivity index (χ1n) is 6.51. The van der Waals surface area contributed by atoms with Crippen molar-refractivity contribution < 1.29 is 4.74 Å². The van der Waals surface area contributed by atoms with Crippen LogP contribution in [0.15, 0.2) is 24.3 Å². The second-order valence-corrected chi connectivity index (χ2v) is 5.09. The molecule has 17 heavy (non-hydrogen) atoms. The molecule has 2 aliphatic heterocycles. The van der Waals surface area contributed by atoms with Gasteiger partial charge in [-0.2, -0.15) is 0 Å². The van der Waals surface area contributed by atoms with Gasteiger partial charge in [0.25, 0.3) is 0 Å². The van der Waals surface area contributed by atoms with Crippen molar-refractivity contribution in [2.24, 2.45) is 0 Å². The number of fused-ring (bicyclic) bond motifs is 1. The van der Waals surface area contributed by atoms with E-state index in [0.29, 0.717) is 12.0 Å². The van der Waals surface area contributed by atoms with Crippen molar-refractivity contribution in [2.45, 2.75) is 18.9 Å². The third-order valence-corrected chi connectivity index (χ3v) is 3.89. The van der Waals surface area contributed by atoms with Gasteiger partial charge in [0.2, 0.25) is 0 Å². The van der Waals surface area contributed by atoms with Gasteiger partial charge in [-0.15, -0.1) is 0 Å². The molecular formula is C14H20N2O. The van der Waals surface area contributed by atoms with Crippen molar-refractivity contribution in [3.8, 4) is 5.75 Å². The van der Waals surface area contributed by atoms with E-state index in [1.54, 1.807) is 0 Å². The standard InChI is InChI=1S/C14H20N2O/c1-11-8-15-6-7-16(11)9-12-10-17-14-5-3-2-4-13(12)14/h2-5,11-12,15H,6-10H2,1H3/t11-,12?/m0/s1. The third-order valence-electron chi connectivity index (χ3n) is 3.89. The van der Waals surface area contributed by atoms with Gasteiger partial charge in [0.05, 0.1) is 6.61 Å². The Morgan fingerprint density at radius 3 is 3.18 bits per heavy atom. The van der Waals surface area contributed by atoms with Gasteiger partial charge in [-0.05, 0) is 13.0 Å². The lowest BCUT2D eigenvalue weighted by Crippen LogP contribution is -2.51. The van der Waals surface area contributed by atoms with E-state index in [-0.39, 0.29) is 0 Å². The van der Waals surface area contributed by atoms with E-state index in [4.69, 9.17) is 4.74 Å². The molecule has 3 nitrogen and oxygen atoms in total. The predicted molar refractivity (Wildman–Crippen MR) is 68.6 cm³/mol. The zero-order valence-corrected chi connectivity index (χ0v) is 10.4. The van der Waals surface area contributed by atoms with Gasteiger partial charge >= 0.3 is 0 Å². The lowest BCUT2D eigenvalue weighted by Gasteiger charge is -2.35. The van der Waals surface area contributed by atoms with Crippen LogP contribution >= 0.6 is 0 Å². The van der Waals surface area contributed by atoms with Crippen LogP contribution in [0.2, 0.25) is 0 Å². The van der Waals surface area contributed by atoms with E-state index < -0.39 is 0 Å². The molecule has 1 aromatic rings. The Labute approximate surface area is 103 Å². The van der Waals surface area contributed by atoms with E-state index >= 15 is 0 Å². The highest BCUT2D eigenvalue weighted by Gasteiger charge is 2.28. The largest absolute Gasteiger partial charge is 0.493 e. The first-order valence-corrected chi connectivity index (χ1v) is 6.51. The summed E-state index contributed by atoms with van der Waals surface area (Å²) in [6.07, 6.45) is 0. The van der Waals surface area contributed by atoms with Gasteiger partial charge in [0, 0.05) is 43.7 Å². The molecule has 1 N–H and O–H groups in total. The number of ether oxygens (including phenoxy) is 1. The summed E-state index contributed by atoms with van der Waals surface area (Å²) in [4.78, 5) is 2.58. The highest BCUT2D eigenvalue weighted by Crippen LogP contribution is 2.34. The van der Waals surface area contributed by atoms with Crippen molar-refractivity contribution in [1.82, 2.24) is 10.2 Å². The third kappa shape index (κ3) is 2.17. The maximum Gasteiger partial charge on any atom is 0.122 e.